The Balaban J connectivity index is 2.27. The third-order valence-corrected chi connectivity index (χ3v) is 2.88. The van der Waals surface area contributed by atoms with Crippen molar-refractivity contribution in [1.82, 2.24) is 9.55 Å². The molecule has 0 atom stereocenters. The van der Waals surface area contributed by atoms with Crippen molar-refractivity contribution in [2.24, 2.45) is 0 Å². The maximum atomic E-state index is 9.36. The molecular weight excluding hydrogens is 212 g/mol. The third kappa shape index (κ3) is 1.61. The average molecular weight is 224 g/mol. The van der Waals surface area contributed by atoms with Crippen molar-refractivity contribution in [3.8, 4) is 5.69 Å². The molecule has 3 rings (SSSR count). The Kier molecular flexibility index (Phi) is 2.38. The van der Waals surface area contributed by atoms with Crippen molar-refractivity contribution >= 4 is 11.0 Å². The van der Waals surface area contributed by atoms with Gasteiger partial charge >= 0.3 is 0 Å². The van der Waals surface area contributed by atoms with Crippen LogP contribution in [0.4, 0.5) is 0 Å². The first kappa shape index (κ1) is 10.1. The lowest BCUT2D eigenvalue weighted by molar-refractivity contribution is 0.281. The Bertz CT molecular complexity index is 658. The van der Waals surface area contributed by atoms with Crippen molar-refractivity contribution in [1.29, 1.82) is 0 Å². The zero-order chi connectivity index (χ0) is 11.7. The third-order valence-electron chi connectivity index (χ3n) is 2.88. The van der Waals surface area contributed by atoms with Gasteiger partial charge in [0.05, 0.1) is 23.3 Å². The fraction of sp³-hybridized carbons (Fsp3) is 0.0714. The minimum atomic E-state index is 0.0304. The summed E-state index contributed by atoms with van der Waals surface area (Å²) in [4.78, 5) is 4.35. The van der Waals surface area contributed by atoms with Crippen LogP contribution < -0.4 is 0 Å². The molecule has 2 aromatic carbocycles. The van der Waals surface area contributed by atoms with Gasteiger partial charge in [-0.05, 0) is 18.2 Å². The number of hydrogen-bond donors (Lipinski definition) is 1. The highest BCUT2D eigenvalue weighted by Crippen LogP contribution is 2.20. The summed E-state index contributed by atoms with van der Waals surface area (Å²) in [7, 11) is 0. The minimum absolute atomic E-state index is 0.0304. The lowest BCUT2D eigenvalue weighted by atomic mass is 10.2. The van der Waals surface area contributed by atoms with Crippen molar-refractivity contribution in [3.05, 3.63) is 60.4 Å². The van der Waals surface area contributed by atoms with E-state index >= 15 is 0 Å². The summed E-state index contributed by atoms with van der Waals surface area (Å²) in [6, 6.07) is 15.8. The van der Waals surface area contributed by atoms with Gasteiger partial charge in [-0.2, -0.15) is 0 Å². The summed E-state index contributed by atoms with van der Waals surface area (Å²) < 4.78 is 2.00. The van der Waals surface area contributed by atoms with Gasteiger partial charge in [-0.15, -0.1) is 0 Å². The predicted octanol–water partition coefficient (Wildman–Crippen LogP) is 2.52. The molecule has 0 radical (unpaired) electrons. The van der Waals surface area contributed by atoms with Gasteiger partial charge in [0.2, 0.25) is 0 Å². The first-order valence-corrected chi connectivity index (χ1v) is 5.51. The molecule has 1 N–H and O–H groups in total. The first-order valence-electron chi connectivity index (χ1n) is 5.51. The van der Waals surface area contributed by atoms with Crippen LogP contribution in [0.25, 0.3) is 16.7 Å². The lowest BCUT2D eigenvalue weighted by Crippen LogP contribution is -1.97. The van der Waals surface area contributed by atoms with E-state index in [2.05, 4.69) is 4.98 Å². The van der Waals surface area contributed by atoms with Gasteiger partial charge in [0.25, 0.3) is 0 Å². The maximum Gasteiger partial charge on any atom is 0.100 e. The van der Waals surface area contributed by atoms with Crippen LogP contribution in [-0.4, -0.2) is 14.7 Å². The predicted molar refractivity (Wildman–Crippen MR) is 67.0 cm³/mol. The van der Waals surface area contributed by atoms with Gasteiger partial charge < -0.3 is 5.11 Å². The summed E-state index contributed by atoms with van der Waals surface area (Å²) in [6.07, 6.45) is 1.79. The second kappa shape index (κ2) is 4.03. The number of benzene rings is 2. The molecule has 0 spiro atoms. The normalized spacial score (nSPS) is 10.9. The molecule has 0 aliphatic carbocycles. The average Bonchev–Trinajstić information content (AvgIpc) is 2.82. The molecule has 0 aliphatic heterocycles. The van der Waals surface area contributed by atoms with Crippen molar-refractivity contribution in [3.63, 3.8) is 0 Å². The van der Waals surface area contributed by atoms with Crippen LogP contribution in [0.3, 0.4) is 0 Å². The molecule has 3 nitrogen and oxygen atoms in total. The van der Waals surface area contributed by atoms with E-state index in [0.717, 1.165) is 22.3 Å². The Morgan fingerprint density at radius 2 is 1.76 bits per heavy atom. The molecule has 84 valence electrons. The number of aliphatic hydroxyl groups excluding tert-OH is 1. The van der Waals surface area contributed by atoms with Gasteiger partial charge in [-0.3, -0.25) is 4.57 Å². The molecule has 0 saturated heterocycles. The van der Waals surface area contributed by atoms with Gasteiger partial charge in [-0.25, -0.2) is 4.98 Å². The Morgan fingerprint density at radius 3 is 2.65 bits per heavy atom. The molecule has 3 aromatic rings. The molecule has 0 fully saturated rings. The molecule has 0 saturated carbocycles. The Labute approximate surface area is 99.0 Å². The second-order valence-electron chi connectivity index (χ2n) is 3.89. The standard InChI is InChI=1S/C14H12N2O/c17-9-11-5-1-3-7-13(11)16-10-15-12-6-2-4-8-14(12)16/h1-8,10,17H,9H2. The van der Waals surface area contributed by atoms with E-state index in [1.54, 1.807) is 6.33 Å². The quantitative estimate of drug-likeness (QED) is 0.726. The summed E-state index contributed by atoms with van der Waals surface area (Å²) in [5.74, 6) is 0. The SMILES string of the molecule is OCc1ccccc1-n1cnc2ccccc21. The Morgan fingerprint density at radius 1 is 1.00 bits per heavy atom. The van der Waals surface area contributed by atoms with Gasteiger partial charge in [0.15, 0.2) is 0 Å². The highest BCUT2D eigenvalue weighted by Gasteiger charge is 2.06. The van der Waals surface area contributed by atoms with Crippen LogP contribution >= 0.6 is 0 Å². The fourth-order valence-electron chi connectivity index (χ4n) is 2.03. The minimum Gasteiger partial charge on any atom is -0.392 e. The number of aromatic nitrogens is 2. The van der Waals surface area contributed by atoms with Crippen molar-refractivity contribution in [2.75, 3.05) is 0 Å². The topological polar surface area (TPSA) is 38.0 Å². The van der Waals surface area contributed by atoms with E-state index in [1.807, 2.05) is 53.1 Å². The van der Waals surface area contributed by atoms with Crippen LogP contribution in [0.15, 0.2) is 54.9 Å². The van der Waals surface area contributed by atoms with Gasteiger partial charge in [-0.1, -0.05) is 30.3 Å². The molecule has 0 bridgehead atoms. The first-order chi connectivity index (χ1) is 8.40. The summed E-state index contributed by atoms with van der Waals surface area (Å²) in [6.45, 7) is 0.0304. The number of aliphatic hydroxyl groups is 1. The van der Waals surface area contributed by atoms with E-state index < -0.39 is 0 Å². The monoisotopic (exact) mass is 224 g/mol. The van der Waals surface area contributed by atoms with E-state index in [9.17, 15) is 5.11 Å². The molecule has 17 heavy (non-hydrogen) atoms. The lowest BCUT2D eigenvalue weighted by Gasteiger charge is -2.08. The molecular formula is C14H12N2O. The number of rotatable bonds is 2. The summed E-state index contributed by atoms with van der Waals surface area (Å²) in [5.41, 5.74) is 3.88. The van der Waals surface area contributed by atoms with E-state index in [0.29, 0.717) is 0 Å². The number of imidazole rings is 1. The van der Waals surface area contributed by atoms with Crippen LogP contribution in [0.1, 0.15) is 5.56 Å². The van der Waals surface area contributed by atoms with Crippen LogP contribution in [0.5, 0.6) is 0 Å². The number of hydrogen-bond acceptors (Lipinski definition) is 2. The van der Waals surface area contributed by atoms with Crippen LogP contribution in [0.2, 0.25) is 0 Å². The number of nitrogens with zero attached hydrogens (tertiary/aromatic N) is 2. The smallest absolute Gasteiger partial charge is 0.100 e. The number of para-hydroxylation sites is 3. The fourth-order valence-corrected chi connectivity index (χ4v) is 2.03. The number of fused-ring (bicyclic) bond motifs is 1. The molecule has 1 aromatic heterocycles. The summed E-state index contributed by atoms with van der Waals surface area (Å²) >= 11 is 0. The molecule has 0 aliphatic rings. The molecule has 3 heteroatoms. The zero-order valence-corrected chi connectivity index (χ0v) is 9.24. The van der Waals surface area contributed by atoms with Gasteiger partial charge in [0.1, 0.15) is 6.33 Å². The van der Waals surface area contributed by atoms with Crippen molar-refractivity contribution < 1.29 is 5.11 Å². The van der Waals surface area contributed by atoms with Crippen LogP contribution in [-0.2, 0) is 6.61 Å². The van der Waals surface area contributed by atoms with Crippen LogP contribution in [0, 0.1) is 0 Å². The van der Waals surface area contributed by atoms with Gasteiger partial charge in [0, 0.05) is 5.56 Å². The highest BCUT2D eigenvalue weighted by atomic mass is 16.3. The van der Waals surface area contributed by atoms with E-state index in [4.69, 9.17) is 0 Å². The van der Waals surface area contributed by atoms with E-state index in [1.165, 1.54) is 0 Å². The maximum absolute atomic E-state index is 9.36. The molecule has 0 amide bonds. The highest BCUT2D eigenvalue weighted by molar-refractivity contribution is 5.77. The molecule has 0 unspecified atom stereocenters. The zero-order valence-electron chi connectivity index (χ0n) is 9.24. The Hall–Kier alpha value is -2.13. The summed E-state index contributed by atoms with van der Waals surface area (Å²) in [5, 5.41) is 9.36. The van der Waals surface area contributed by atoms with E-state index in [-0.39, 0.29) is 6.61 Å². The largest absolute Gasteiger partial charge is 0.392 e. The molecule has 1 heterocycles. The van der Waals surface area contributed by atoms with Crippen molar-refractivity contribution in [2.45, 2.75) is 6.61 Å². The second-order valence-corrected chi connectivity index (χ2v) is 3.89.